The van der Waals surface area contributed by atoms with Gasteiger partial charge in [-0.25, -0.2) is 8.42 Å². The Morgan fingerprint density at radius 3 is 2.00 bits per heavy atom. The summed E-state index contributed by atoms with van der Waals surface area (Å²) in [6, 6.07) is 15.8. The summed E-state index contributed by atoms with van der Waals surface area (Å²) in [7, 11) is -3.75. The molecule has 1 atom stereocenters. The van der Waals surface area contributed by atoms with Crippen LogP contribution in [0.4, 0.5) is 5.69 Å². The molecule has 0 aliphatic rings. The largest absolute Gasteiger partial charge is 0.354 e. The van der Waals surface area contributed by atoms with Crippen molar-refractivity contribution in [1.29, 1.82) is 0 Å². The summed E-state index contributed by atoms with van der Waals surface area (Å²) in [4.78, 5) is 27.8. The Hall–Kier alpha value is -2.87. The highest BCUT2D eigenvalue weighted by Gasteiger charge is 2.30. The standard InChI is InChI=1S/C27H39N3O4S/c1-20(2)17-28-26(32)21(3)29(18-22-11-9-8-10-12-22)25(31)19-30(35(7,33)34)24-15-13-23(14-16-24)27(4,5)6/h8-16,20-21H,17-19H2,1-7H3,(H,28,32)/t21-/m1/s1. The third kappa shape index (κ3) is 8.38. The van der Waals surface area contributed by atoms with Crippen LogP contribution in [0, 0.1) is 5.92 Å². The first-order valence-electron chi connectivity index (χ1n) is 11.9. The summed E-state index contributed by atoms with van der Waals surface area (Å²) in [6.45, 7) is 12.2. The quantitative estimate of drug-likeness (QED) is 0.534. The van der Waals surface area contributed by atoms with Gasteiger partial charge >= 0.3 is 0 Å². The van der Waals surface area contributed by atoms with E-state index in [-0.39, 0.29) is 23.8 Å². The molecule has 0 aromatic heterocycles. The van der Waals surface area contributed by atoms with Gasteiger partial charge in [-0.15, -0.1) is 0 Å². The Balaban J connectivity index is 2.35. The first-order valence-corrected chi connectivity index (χ1v) is 13.7. The maximum atomic E-state index is 13.5. The van der Waals surface area contributed by atoms with Gasteiger partial charge in [-0.1, -0.05) is 77.1 Å². The third-order valence-corrected chi connectivity index (χ3v) is 6.89. The van der Waals surface area contributed by atoms with Gasteiger partial charge in [-0.05, 0) is 41.5 Å². The van der Waals surface area contributed by atoms with Crippen LogP contribution in [0.5, 0.6) is 0 Å². The Kier molecular flexibility index (Phi) is 9.49. The summed E-state index contributed by atoms with van der Waals surface area (Å²) in [5.41, 5.74) is 2.23. The molecule has 0 spiro atoms. The van der Waals surface area contributed by atoms with Gasteiger partial charge in [-0.3, -0.25) is 13.9 Å². The fraction of sp³-hybridized carbons (Fsp3) is 0.481. The van der Waals surface area contributed by atoms with Crippen LogP contribution in [-0.2, 0) is 31.6 Å². The van der Waals surface area contributed by atoms with E-state index in [0.717, 1.165) is 21.7 Å². The highest BCUT2D eigenvalue weighted by atomic mass is 32.2. The van der Waals surface area contributed by atoms with Gasteiger partial charge in [0.1, 0.15) is 12.6 Å². The predicted octanol–water partition coefficient (Wildman–Crippen LogP) is 3.94. The zero-order chi connectivity index (χ0) is 26.4. The molecule has 2 amide bonds. The molecule has 35 heavy (non-hydrogen) atoms. The van der Waals surface area contributed by atoms with Crippen LogP contribution in [0.3, 0.4) is 0 Å². The second-order valence-electron chi connectivity index (χ2n) is 10.4. The fourth-order valence-corrected chi connectivity index (χ4v) is 4.41. The molecule has 2 rings (SSSR count). The van der Waals surface area contributed by atoms with Crippen LogP contribution in [-0.4, -0.2) is 50.5 Å². The highest BCUT2D eigenvalue weighted by molar-refractivity contribution is 7.92. The van der Waals surface area contributed by atoms with E-state index in [1.54, 1.807) is 19.1 Å². The minimum absolute atomic E-state index is 0.0878. The number of amides is 2. The van der Waals surface area contributed by atoms with E-state index < -0.39 is 28.5 Å². The van der Waals surface area contributed by atoms with Gasteiger partial charge in [-0.2, -0.15) is 0 Å². The number of rotatable bonds is 10. The van der Waals surface area contributed by atoms with Crippen LogP contribution in [0.15, 0.2) is 54.6 Å². The van der Waals surface area contributed by atoms with Crippen molar-refractivity contribution in [2.24, 2.45) is 5.92 Å². The van der Waals surface area contributed by atoms with Crippen molar-refractivity contribution in [3.63, 3.8) is 0 Å². The number of anilines is 1. The average molecular weight is 502 g/mol. The molecule has 1 N–H and O–H groups in total. The van der Waals surface area contributed by atoms with Crippen molar-refractivity contribution in [3.05, 3.63) is 65.7 Å². The van der Waals surface area contributed by atoms with Crippen molar-refractivity contribution in [3.8, 4) is 0 Å². The van der Waals surface area contributed by atoms with E-state index in [0.29, 0.717) is 12.2 Å². The summed E-state index contributed by atoms with van der Waals surface area (Å²) >= 11 is 0. The number of benzene rings is 2. The summed E-state index contributed by atoms with van der Waals surface area (Å²) in [6.07, 6.45) is 1.08. The molecule has 7 nitrogen and oxygen atoms in total. The van der Waals surface area contributed by atoms with Crippen LogP contribution in [0.25, 0.3) is 0 Å². The molecule has 2 aromatic carbocycles. The highest BCUT2D eigenvalue weighted by Crippen LogP contribution is 2.26. The second kappa shape index (κ2) is 11.7. The topological polar surface area (TPSA) is 86.8 Å². The Morgan fingerprint density at radius 2 is 1.51 bits per heavy atom. The average Bonchev–Trinajstić information content (AvgIpc) is 2.78. The van der Waals surface area contributed by atoms with Gasteiger partial charge in [0.25, 0.3) is 0 Å². The lowest BCUT2D eigenvalue weighted by molar-refractivity contribution is -0.139. The molecular weight excluding hydrogens is 462 g/mol. The number of carbonyl (C=O) groups is 2. The smallest absolute Gasteiger partial charge is 0.244 e. The molecular formula is C27H39N3O4S. The Bertz CT molecular complexity index is 1090. The van der Waals surface area contributed by atoms with E-state index in [1.807, 2.05) is 56.3 Å². The van der Waals surface area contributed by atoms with Crippen molar-refractivity contribution < 1.29 is 18.0 Å². The molecule has 8 heteroatoms. The first kappa shape index (κ1) is 28.4. The van der Waals surface area contributed by atoms with Gasteiger partial charge in [0.05, 0.1) is 11.9 Å². The molecule has 0 aliphatic heterocycles. The van der Waals surface area contributed by atoms with Crippen LogP contribution in [0.2, 0.25) is 0 Å². The lowest BCUT2D eigenvalue weighted by atomic mass is 9.87. The van der Waals surface area contributed by atoms with Crippen LogP contribution >= 0.6 is 0 Å². The molecule has 0 heterocycles. The molecule has 0 saturated carbocycles. The number of nitrogens with one attached hydrogen (secondary N) is 1. The van der Waals surface area contributed by atoms with Crippen molar-refractivity contribution in [1.82, 2.24) is 10.2 Å². The Labute approximate surface area is 210 Å². The monoisotopic (exact) mass is 501 g/mol. The number of hydrogen-bond acceptors (Lipinski definition) is 4. The van der Waals surface area contributed by atoms with E-state index in [1.165, 1.54) is 4.90 Å². The number of sulfonamides is 1. The second-order valence-corrected chi connectivity index (χ2v) is 12.3. The lowest BCUT2D eigenvalue weighted by Crippen LogP contribution is -2.51. The number of carbonyl (C=O) groups excluding carboxylic acids is 2. The molecule has 0 unspecified atom stereocenters. The zero-order valence-corrected chi connectivity index (χ0v) is 22.7. The summed E-state index contributed by atoms with van der Waals surface area (Å²) in [5.74, 6) is -0.462. The van der Waals surface area contributed by atoms with E-state index in [9.17, 15) is 18.0 Å². The van der Waals surface area contributed by atoms with Gasteiger partial charge < -0.3 is 10.2 Å². The first-order chi connectivity index (χ1) is 16.2. The molecule has 0 radical (unpaired) electrons. The molecule has 0 fully saturated rings. The third-order valence-electron chi connectivity index (χ3n) is 5.75. The van der Waals surface area contributed by atoms with Crippen LogP contribution in [0.1, 0.15) is 52.7 Å². The minimum atomic E-state index is -3.75. The zero-order valence-electron chi connectivity index (χ0n) is 21.9. The molecule has 0 bridgehead atoms. The van der Waals surface area contributed by atoms with E-state index >= 15 is 0 Å². The Morgan fingerprint density at radius 1 is 0.943 bits per heavy atom. The predicted molar refractivity (Wildman–Crippen MR) is 142 cm³/mol. The minimum Gasteiger partial charge on any atom is -0.354 e. The van der Waals surface area contributed by atoms with E-state index in [4.69, 9.17) is 0 Å². The maximum absolute atomic E-state index is 13.5. The molecule has 192 valence electrons. The molecule has 0 saturated heterocycles. The van der Waals surface area contributed by atoms with Crippen molar-refractivity contribution >= 4 is 27.5 Å². The van der Waals surface area contributed by atoms with Gasteiger partial charge in [0.15, 0.2) is 0 Å². The van der Waals surface area contributed by atoms with Crippen molar-refractivity contribution in [2.45, 2.75) is 59.5 Å². The van der Waals surface area contributed by atoms with Crippen molar-refractivity contribution in [2.75, 3.05) is 23.7 Å². The molecule has 2 aromatic rings. The van der Waals surface area contributed by atoms with E-state index in [2.05, 4.69) is 26.1 Å². The van der Waals surface area contributed by atoms with Gasteiger partial charge in [0, 0.05) is 13.1 Å². The van der Waals surface area contributed by atoms with Gasteiger partial charge in [0.2, 0.25) is 21.8 Å². The maximum Gasteiger partial charge on any atom is 0.244 e. The summed E-state index contributed by atoms with van der Waals surface area (Å²) in [5, 5.41) is 2.87. The normalized spacial score (nSPS) is 12.8. The SMILES string of the molecule is CC(C)CNC(=O)[C@@H](C)N(Cc1ccccc1)C(=O)CN(c1ccc(C(C)(C)C)cc1)S(C)(=O)=O. The fourth-order valence-electron chi connectivity index (χ4n) is 3.56. The summed E-state index contributed by atoms with van der Waals surface area (Å²) < 4.78 is 26.5. The molecule has 0 aliphatic carbocycles. The lowest BCUT2D eigenvalue weighted by Gasteiger charge is -2.31. The number of hydrogen-bond donors (Lipinski definition) is 1. The number of nitrogens with zero attached hydrogens (tertiary/aromatic N) is 2. The van der Waals surface area contributed by atoms with Crippen LogP contribution < -0.4 is 9.62 Å².